The number of rotatable bonds is 20. The molecule has 0 spiro atoms. The number of nitrogens with zero attached hydrogens (tertiary/aromatic N) is 8. The zero-order chi connectivity index (χ0) is 91.4. The number of benzene rings is 22. The third kappa shape index (κ3) is 15.1. The zero-order valence-electron chi connectivity index (χ0n) is 75.2. The van der Waals surface area contributed by atoms with Crippen molar-refractivity contribution >= 4 is 231 Å². The molecular weight excluding hydrogens is 1710 g/mol. The van der Waals surface area contributed by atoms with E-state index in [1.165, 1.54) is 83.4 Å². The molecule has 0 saturated heterocycles. The minimum atomic E-state index is 1.08. The largest absolute Gasteiger partial charge is 0.310 e. The van der Waals surface area contributed by atoms with E-state index in [0.29, 0.717) is 0 Å². The van der Waals surface area contributed by atoms with Gasteiger partial charge >= 0.3 is 0 Å². The highest BCUT2D eigenvalue weighted by molar-refractivity contribution is 7.26. The van der Waals surface area contributed by atoms with Gasteiger partial charge in [0.05, 0.1) is 33.4 Å². The first-order valence-corrected chi connectivity index (χ1v) is 48.5. The van der Waals surface area contributed by atoms with Gasteiger partial charge in [-0.05, 0) is 290 Å². The standard InChI is InChI=1S/C68H46N4S.C60H42N4S/c1-5-23-49(24-6-1)69(50-25-7-2-8-26-50)53-35-39-65-59(43-53)60-44-55(36-40-66(60)72(65)64-34-18-22-48-20-14-16-32-58(48)64)71(63-33-17-21-47-19-13-15-31-57(47)63)56-38-42-68-62(46-56)61-45-54(37-41-67(61)73-68)70(51-27-9-3-10-28-51)52-29-11-4-12-30-52;1-7-19-43(20-8-1)61(44-21-9-2-10-22-44)49-31-35-57-53(39-49)54-40-50(32-36-58(54)64(57)48-29-17-6-18-30-48)63(47-27-15-5-16-28-47)52-34-38-60-56(42-52)55-41-51(33-37-59(55)65-60)62(45-23-11-3-12-24-45)46-25-13-4-14-26-46/h1-46H;1-42H. The number of para-hydroxylation sites is 10. The van der Waals surface area contributed by atoms with E-state index in [9.17, 15) is 0 Å². The normalized spacial score (nSPS) is 11.5. The number of aromatic nitrogens is 2. The van der Waals surface area contributed by atoms with Crippen molar-refractivity contribution in [1.82, 2.24) is 9.13 Å². The van der Waals surface area contributed by atoms with E-state index in [1.807, 2.05) is 22.7 Å². The molecule has 0 aliphatic heterocycles. The Morgan fingerprint density at radius 3 is 0.659 bits per heavy atom. The minimum Gasteiger partial charge on any atom is -0.310 e. The molecule has 0 aliphatic rings. The lowest BCUT2D eigenvalue weighted by molar-refractivity contribution is 1.18. The molecule has 0 saturated carbocycles. The third-order valence-electron chi connectivity index (χ3n) is 26.6. The van der Waals surface area contributed by atoms with Crippen LogP contribution in [0.5, 0.6) is 0 Å². The van der Waals surface area contributed by atoms with Crippen LogP contribution in [0.15, 0.2) is 534 Å². The topological polar surface area (TPSA) is 29.3 Å². The molecule has 0 aliphatic carbocycles. The van der Waals surface area contributed by atoms with Crippen LogP contribution in [0.25, 0.3) is 117 Å². The summed E-state index contributed by atoms with van der Waals surface area (Å²) in [5.74, 6) is 0. The van der Waals surface area contributed by atoms with Crippen LogP contribution in [0.1, 0.15) is 0 Å². The van der Waals surface area contributed by atoms with Crippen LogP contribution in [0.4, 0.5) is 102 Å². The van der Waals surface area contributed by atoms with E-state index in [-0.39, 0.29) is 0 Å². The summed E-state index contributed by atoms with van der Waals surface area (Å²) in [4.78, 5) is 14.3. The van der Waals surface area contributed by atoms with Crippen molar-refractivity contribution in [3.63, 3.8) is 0 Å². The number of hydrogen-bond acceptors (Lipinski definition) is 8. The van der Waals surface area contributed by atoms with Crippen LogP contribution in [0.3, 0.4) is 0 Å². The van der Waals surface area contributed by atoms with Gasteiger partial charge in [0.1, 0.15) is 0 Å². The highest BCUT2D eigenvalue weighted by atomic mass is 32.1. The molecule has 0 N–H and O–H groups in total. The monoisotopic (exact) mass is 1800 g/mol. The van der Waals surface area contributed by atoms with Crippen molar-refractivity contribution in [3.05, 3.63) is 534 Å². The van der Waals surface area contributed by atoms with Gasteiger partial charge in [-0.3, -0.25) is 0 Å². The molecule has 26 aromatic rings. The Kier molecular flexibility index (Phi) is 21.2. The van der Waals surface area contributed by atoms with Crippen LogP contribution >= 0.6 is 22.7 Å². The predicted molar refractivity (Wildman–Crippen MR) is 590 cm³/mol. The summed E-state index contributed by atoms with van der Waals surface area (Å²) >= 11 is 3.70. The molecule has 0 amide bonds. The van der Waals surface area contributed by atoms with Crippen LogP contribution in [0, 0.1) is 0 Å². The summed E-state index contributed by atoms with van der Waals surface area (Å²) in [7, 11) is 0. The maximum atomic E-state index is 2.47. The maximum Gasteiger partial charge on any atom is 0.0542 e. The SMILES string of the molecule is c1ccc(N(c2ccccc2)c2ccc3sc4ccc(N(c5ccc6c(c5)c5cc(N(c7ccccc7)c7ccccc7)ccc5n6-c5cccc6ccccc56)c5cccc6ccccc56)cc4c3c2)cc1.c1ccc(N(c2ccccc2)c2ccc3sc4ccc(N(c5ccccc5)c5ccc6c(c5)c5cc(N(c7ccccc7)c7ccccc7)ccc5n6-c5ccccc5)cc4c3c2)cc1. The van der Waals surface area contributed by atoms with Crippen molar-refractivity contribution in [1.29, 1.82) is 0 Å². The highest BCUT2D eigenvalue weighted by Gasteiger charge is 2.27. The molecule has 10 heteroatoms. The first-order chi connectivity index (χ1) is 68.5. The van der Waals surface area contributed by atoms with E-state index in [2.05, 4.69) is 572 Å². The molecule has 0 atom stereocenters. The van der Waals surface area contributed by atoms with Crippen LogP contribution in [-0.4, -0.2) is 9.13 Å². The highest BCUT2D eigenvalue weighted by Crippen LogP contribution is 2.52. The summed E-state index contributed by atoms with van der Waals surface area (Å²) in [6.07, 6.45) is 0. The second-order valence-corrected chi connectivity index (χ2v) is 36.9. The van der Waals surface area contributed by atoms with E-state index >= 15 is 0 Å². The van der Waals surface area contributed by atoms with Crippen molar-refractivity contribution in [2.45, 2.75) is 0 Å². The molecule has 4 heterocycles. The average Bonchev–Trinajstić information content (AvgIpc) is 1.59. The fourth-order valence-electron chi connectivity index (χ4n) is 20.4. The molecule has 8 nitrogen and oxygen atoms in total. The molecule has 652 valence electrons. The second kappa shape index (κ2) is 35.6. The third-order valence-corrected chi connectivity index (χ3v) is 28.9. The molecular formula is C128H88N8S2. The average molecular weight is 1800 g/mol. The van der Waals surface area contributed by atoms with Gasteiger partial charge in [-0.25, -0.2) is 0 Å². The second-order valence-electron chi connectivity index (χ2n) is 34.8. The maximum absolute atomic E-state index is 2.47. The predicted octanol–water partition coefficient (Wildman–Crippen LogP) is 37.4. The molecule has 0 unspecified atom stereocenters. The van der Waals surface area contributed by atoms with Gasteiger partial charge in [-0.15, -0.1) is 22.7 Å². The Morgan fingerprint density at radius 2 is 0.355 bits per heavy atom. The smallest absolute Gasteiger partial charge is 0.0542 e. The van der Waals surface area contributed by atoms with Crippen LogP contribution in [-0.2, 0) is 0 Å². The summed E-state index contributed by atoms with van der Waals surface area (Å²) in [5, 5.41) is 14.4. The number of fused-ring (bicyclic) bond motifs is 14. The molecule has 0 radical (unpaired) electrons. The van der Waals surface area contributed by atoms with Crippen LogP contribution < -0.4 is 29.4 Å². The Balaban J connectivity index is 0.000000147. The van der Waals surface area contributed by atoms with Gasteiger partial charge in [-0.1, -0.05) is 255 Å². The van der Waals surface area contributed by atoms with Crippen molar-refractivity contribution < 1.29 is 0 Å². The van der Waals surface area contributed by atoms with Crippen molar-refractivity contribution in [2.24, 2.45) is 0 Å². The Labute approximate surface area is 808 Å². The zero-order valence-corrected chi connectivity index (χ0v) is 76.8. The molecule has 0 bridgehead atoms. The van der Waals surface area contributed by atoms with E-state index < -0.39 is 0 Å². The Hall–Kier alpha value is -17.8. The molecule has 22 aromatic carbocycles. The fourth-order valence-corrected chi connectivity index (χ4v) is 22.5. The lowest BCUT2D eigenvalue weighted by Gasteiger charge is -2.27. The van der Waals surface area contributed by atoms with Crippen molar-refractivity contribution in [2.75, 3.05) is 29.4 Å². The molecule has 138 heavy (non-hydrogen) atoms. The number of thiophene rings is 2. The van der Waals surface area contributed by atoms with Gasteiger partial charge in [0, 0.05) is 175 Å². The van der Waals surface area contributed by atoms with Gasteiger partial charge in [0.25, 0.3) is 0 Å². The Morgan fingerprint density at radius 1 is 0.138 bits per heavy atom. The number of anilines is 18. The van der Waals surface area contributed by atoms with Gasteiger partial charge < -0.3 is 38.5 Å². The van der Waals surface area contributed by atoms with E-state index in [0.717, 1.165) is 136 Å². The summed E-state index contributed by atoms with van der Waals surface area (Å²) in [6.45, 7) is 0. The minimum absolute atomic E-state index is 1.08. The summed E-state index contributed by atoms with van der Waals surface area (Å²) in [6, 6.07) is 193. The number of hydrogen-bond donors (Lipinski definition) is 0. The quantitative estimate of drug-likeness (QED) is 0.0755. The van der Waals surface area contributed by atoms with E-state index in [4.69, 9.17) is 0 Å². The van der Waals surface area contributed by atoms with Gasteiger partial charge in [0.2, 0.25) is 0 Å². The van der Waals surface area contributed by atoms with Gasteiger partial charge in [-0.2, -0.15) is 0 Å². The molecule has 0 fully saturated rings. The summed E-state index contributed by atoms with van der Waals surface area (Å²) in [5.41, 5.74) is 26.8. The lowest BCUT2D eigenvalue weighted by Crippen LogP contribution is -2.10. The summed E-state index contributed by atoms with van der Waals surface area (Å²) < 4.78 is 9.90. The van der Waals surface area contributed by atoms with Crippen molar-refractivity contribution in [3.8, 4) is 11.4 Å². The van der Waals surface area contributed by atoms with Crippen LogP contribution in [0.2, 0.25) is 0 Å². The lowest BCUT2D eigenvalue weighted by atomic mass is 10.0. The molecule has 4 aromatic heterocycles. The first-order valence-electron chi connectivity index (χ1n) is 46.8. The first kappa shape index (κ1) is 82.1. The van der Waals surface area contributed by atoms with E-state index in [1.54, 1.807) is 0 Å². The molecule has 26 rings (SSSR count). The Bertz CT molecular complexity index is 8800. The van der Waals surface area contributed by atoms with Gasteiger partial charge in [0.15, 0.2) is 0 Å². The fraction of sp³-hybridized carbons (Fsp3) is 0.